The molecule has 0 radical (unpaired) electrons. The second-order valence-corrected chi connectivity index (χ2v) is 5.20. The predicted octanol–water partition coefficient (Wildman–Crippen LogP) is 2.16. The van der Waals surface area contributed by atoms with Crippen molar-refractivity contribution in [3.63, 3.8) is 0 Å². The Bertz CT molecular complexity index is 491. The van der Waals surface area contributed by atoms with Crippen LogP contribution in [0, 0.1) is 0 Å². The number of likely N-dealkylation sites (N-methyl/N-ethyl adjacent to an activating group) is 1. The van der Waals surface area contributed by atoms with E-state index < -0.39 is 0 Å². The summed E-state index contributed by atoms with van der Waals surface area (Å²) in [5.41, 5.74) is 6.67. The van der Waals surface area contributed by atoms with E-state index in [1.807, 2.05) is 18.2 Å². The largest absolute Gasteiger partial charge is 0.497 e. The first kappa shape index (κ1) is 18.1. The van der Waals surface area contributed by atoms with Crippen molar-refractivity contribution >= 4 is 11.6 Å². The number of rotatable bonds is 8. The maximum Gasteiger partial charge on any atom is 0.193 e. The van der Waals surface area contributed by atoms with Crippen LogP contribution in [0.3, 0.4) is 0 Å². The van der Waals surface area contributed by atoms with Crippen LogP contribution in [0.4, 0.5) is 5.69 Å². The molecule has 0 aliphatic rings. The average molecular weight is 308 g/mol. The molecular weight excluding hydrogens is 280 g/mol. The van der Waals surface area contributed by atoms with Crippen LogP contribution in [-0.2, 0) is 0 Å². The Morgan fingerprint density at radius 1 is 1.36 bits per heavy atom. The summed E-state index contributed by atoms with van der Waals surface area (Å²) in [6.45, 7) is 5.89. The van der Waals surface area contributed by atoms with Gasteiger partial charge in [-0.15, -0.1) is 0 Å². The zero-order chi connectivity index (χ0) is 16.5. The number of nitrogens with two attached hydrogens (primary N) is 1. The smallest absolute Gasteiger partial charge is 0.193 e. The van der Waals surface area contributed by atoms with Gasteiger partial charge in [0.1, 0.15) is 11.5 Å². The number of ether oxygens (including phenoxy) is 2. The normalized spacial score (nSPS) is 13.1. The minimum absolute atomic E-state index is 0.365. The molecular formula is C16H28N4O2. The van der Waals surface area contributed by atoms with Crippen molar-refractivity contribution in [2.75, 3.05) is 39.7 Å². The third kappa shape index (κ3) is 5.44. The molecule has 0 fully saturated rings. The van der Waals surface area contributed by atoms with Gasteiger partial charge in [-0.1, -0.05) is 6.92 Å². The van der Waals surface area contributed by atoms with E-state index in [1.54, 1.807) is 14.2 Å². The molecule has 0 aromatic heterocycles. The molecule has 0 saturated heterocycles. The molecule has 1 rings (SSSR count). The Labute approximate surface area is 133 Å². The molecule has 0 saturated carbocycles. The van der Waals surface area contributed by atoms with E-state index in [0.717, 1.165) is 24.4 Å². The highest BCUT2D eigenvalue weighted by molar-refractivity contribution is 5.94. The molecule has 1 aromatic rings. The van der Waals surface area contributed by atoms with Crippen molar-refractivity contribution in [3.8, 4) is 11.5 Å². The molecule has 0 aliphatic heterocycles. The van der Waals surface area contributed by atoms with Crippen molar-refractivity contribution < 1.29 is 9.47 Å². The molecule has 0 amide bonds. The summed E-state index contributed by atoms with van der Waals surface area (Å²) >= 11 is 0. The highest BCUT2D eigenvalue weighted by atomic mass is 16.5. The molecule has 3 N–H and O–H groups in total. The number of hydrogen-bond donors (Lipinski definition) is 2. The maximum atomic E-state index is 5.94. The van der Waals surface area contributed by atoms with Gasteiger partial charge in [0.05, 0.1) is 26.5 Å². The molecule has 1 unspecified atom stereocenters. The van der Waals surface area contributed by atoms with Crippen LogP contribution in [0.15, 0.2) is 23.2 Å². The van der Waals surface area contributed by atoms with Crippen LogP contribution >= 0.6 is 0 Å². The summed E-state index contributed by atoms with van der Waals surface area (Å²) in [5, 5.41) is 3.06. The van der Waals surface area contributed by atoms with Gasteiger partial charge >= 0.3 is 0 Å². The molecule has 6 heteroatoms. The number of nitrogens with zero attached hydrogens (tertiary/aromatic N) is 2. The fourth-order valence-corrected chi connectivity index (χ4v) is 1.95. The predicted molar refractivity (Wildman–Crippen MR) is 92.0 cm³/mol. The molecule has 22 heavy (non-hydrogen) atoms. The van der Waals surface area contributed by atoms with Gasteiger partial charge in [-0.2, -0.15) is 0 Å². The van der Waals surface area contributed by atoms with Crippen molar-refractivity contribution in [3.05, 3.63) is 18.2 Å². The summed E-state index contributed by atoms with van der Waals surface area (Å²) < 4.78 is 10.5. The van der Waals surface area contributed by atoms with Gasteiger partial charge in [-0.3, -0.25) is 4.99 Å². The highest BCUT2D eigenvalue weighted by Crippen LogP contribution is 2.28. The monoisotopic (exact) mass is 308 g/mol. The molecule has 0 aliphatic carbocycles. The van der Waals surface area contributed by atoms with Gasteiger partial charge in [-0.05, 0) is 32.5 Å². The number of hydrogen-bond acceptors (Lipinski definition) is 4. The first-order valence-electron chi connectivity index (χ1n) is 7.51. The van der Waals surface area contributed by atoms with Crippen molar-refractivity contribution in [1.29, 1.82) is 0 Å². The maximum absolute atomic E-state index is 5.94. The number of benzene rings is 1. The highest BCUT2D eigenvalue weighted by Gasteiger charge is 2.07. The Morgan fingerprint density at radius 2 is 2.09 bits per heavy atom. The third-order valence-corrected chi connectivity index (χ3v) is 3.75. The van der Waals surface area contributed by atoms with E-state index in [4.69, 9.17) is 15.2 Å². The van der Waals surface area contributed by atoms with Crippen molar-refractivity contribution in [2.45, 2.75) is 26.3 Å². The number of nitrogens with one attached hydrogen (secondary N) is 1. The van der Waals surface area contributed by atoms with E-state index in [-0.39, 0.29) is 0 Å². The lowest BCUT2D eigenvalue weighted by Gasteiger charge is -2.22. The fraction of sp³-hybridized carbons (Fsp3) is 0.562. The molecule has 1 atom stereocenters. The SMILES string of the molecule is CCC(C)N(C)CCN=C(N)Nc1cc(OC)ccc1OC. The quantitative estimate of drug-likeness (QED) is 0.569. The lowest BCUT2D eigenvalue weighted by atomic mass is 10.2. The van der Waals surface area contributed by atoms with Gasteiger partial charge in [0.15, 0.2) is 5.96 Å². The summed E-state index contributed by atoms with van der Waals surface area (Å²) in [6, 6.07) is 6.03. The first-order chi connectivity index (χ1) is 10.5. The van der Waals surface area contributed by atoms with Crippen molar-refractivity contribution in [2.24, 2.45) is 10.7 Å². The minimum Gasteiger partial charge on any atom is -0.497 e. The van der Waals surface area contributed by atoms with E-state index in [9.17, 15) is 0 Å². The fourth-order valence-electron chi connectivity index (χ4n) is 1.95. The van der Waals surface area contributed by atoms with Crippen LogP contribution in [0.25, 0.3) is 0 Å². The van der Waals surface area contributed by atoms with E-state index in [0.29, 0.717) is 24.3 Å². The van der Waals surface area contributed by atoms with Gasteiger partial charge in [0.25, 0.3) is 0 Å². The number of guanidine groups is 1. The first-order valence-corrected chi connectivity index (χ1v) is 7.51. The molecule has 1 aromatic carbocycles. The third-order valence-electron chi connectivity index (χ3n) is 3.75. The number of anilines is 1. The topological polar surface area (TPSA) is 72.1 Å². The Hall–Kier alpha value is -1.95. The van der Waals surface area contributed by atoms with Gasteiger partial charge < -0.3 is 25.4 Å². The summed E-state index contributed by atoms with van der Waals surface area (Å²) in [6.07, 6.45) is 1.12. The van der Waals surface area contributed by atoms with Crippen LogP contribution in [0.1, 0.15) is 20.3 Å². The Balaban J connectivity index is 2.63. The van der Waals surface area contributed by atoms with Gasteiger partial charge in [0.2, 0.25) is 0 Å². The second kappa shape index (κ2) is 9.15. The van der Waals surface area contributed by atoms with Crippen LogP contribution < -0.4 is 20.5 Å². The second-order valence-electron chi connectivity index (χ2n) is 5.20. The molecule has 0 spiro atoms. The van der Waals surface area contributed by atoms with E-state index in [2.05, 4.69) is 36.1 Å². The zero-order valence-corrected chi connectivity index (χ0v) is 14.2. The molecule has 0 heterocycles. The van der Waals surface area contributed by atoms with Crippen molar-refractivity contribution in [1.82, 2.24) is 4.90 Å². The van der Waals surface area contributed by atoms with Crippen LogP contribution in [0.2, 0.25) is 0 Å². The summed E-state index contributed by atoms with van der Waals surface area (Å²) in [5.74, 6) is 1.78. The van der Waals surface area contributed by atoms with E-state index >= 15 is 0 Å². The molecule has 6 nitrogen and oxygen atoms in total. The number of aliphatic imine (C=N–C) groups is 1. The lowest BCUT2D eigenvalue weighted by molar-refractivity contribution is 0.259. The zero-order valence-electron chi connectivity index (χ0n) is 14.2. The average Bonchev–Trinajstić information content (AvgIpc) is 2.53. The van der Waals surface area contributed by atoms with Gasteiger partial charge in [0, 0.05) is 18.7 Å². The summed E-state index contributed by atoms with van der Waals surface area (Å²) in [4.78, 5) is 6.62. The molecule has 124 valence electrons. The lowest BCUT2D eigenvalue weighted by Crippen LogP contribution is -2.31. The van der Waals surface area contributed by atoms with Crippen LogP contribution in [0.5, 0.6) is 11.5 Å². The minimum atomic E-state index is 0.365. The summed E-state index contributed by atoms with van der Waals surface area (Å²) in [7, 11) is 5.33. The van der Waals surface area contributed by atoms with Crippen LogP contribution in [-0.4, -0.2) is 51.3 Å². The number of methoxy groups -OCH3 is 2. The van der Waals surface area contributed by atoms with Gasteiger partial charge in [-0.25, -0.2) is 0 Å². The Kier molecular flexibility index (Phi) is 7.52. The Morgan fingerprint density at radius 3 is 2.68 bits per heavy atom. The molecule has 0 bridgehead atoms. The standard InChI is InChI=1S/C16H28N4O2/c1-6-12(2)20(3)10-9-18-16(17)19-14-11-13(21-4)7-8-15(14)22-5/h7-8,11-12H,6,9-10H2,1-5H3,(H3,17,18,19). The van der Waals surface area contributed by atoms with E-state index in [1.165, 1.54) is 0 Å².